The zero-order valence-electron chi connectivity index (χ0n) is 19.9. The molecule has 6 nitrogen and oxygen atoms in total. The minimum absolute atomic E-state index is 0.0554. The van der Waals surface area contributed by atoms with Gasteiger partial charge in [0.05, 0.1) is 28.4 Å². The highest BCUT2D eigenvalue weighted by atomic mass is 16.5. The number of carbonyl (C=O) groups is 1. The summed E-state index contributed by atoms with van der Waals surface area (Å²) in [6.07, 6.45) is 8.60. The number of benzene rings is 2. The van der Waals surface area contributed by atoms with Gasteiger partial charge in [-0.25, -0.2) is 0 Å². The molecule has 0 spiro atoms. The number of methoxy groups -OCH3 is 4. The molecule has 1 N–H and O–H groups in total. The summed E-state index contributed by atoms with van der Waals surface area (Å²) < 4.78 is 21.1. The quantitative estimate of drug-likeness (QED) is 0.241. The molecule has 0 aliphatic carbocycles. The Balaban J connectivity index is 2.28. The molecule has 0 bridgehead atoms. The standard InChI is InChI=1S/C27H32O6/c1-6-7-8-21(22(28)13-9-19-11-15-24(30-2)26(17-19)32-4)23(29)14-10-20-12-16-25(31-3)27(18-20)33-5/h9-18,28H,6-8H2,1-5H3/b13-9+,14-10+,22-21?. The molecule has 0 aliphatic heterocycles. The fourth-order valence-electron chi connectivity index (χ4n) is 3.19. The monoisotopic (exact) mass is 452 g/mol. The van der Waals surface area contributed by atoms with E-state index in [1.165, 1.54) is 12.2 Å². The number of unbranched alkanes of at least 4 members (excludes halogenated alkanes) is 1. The number of ketones is 1. The Hall–Kier alpha value is -3.67. The third kappa shape index (κ3) is 7.17. The van der Waals surface area contributed by atoms with E-state index in [2.05, 4.69) is 0 Å². The summed E-state index contributed by atoms with van der Waals surface area (Å²) in [5.74, 6) is 2.10. The van der Waals surface area contributed by atoms with Crippen molar-refractivity contribution in [3.63, 3.8) is 0 Å². The predicted molar refractivity (Wildman–Crippen MR) is 131 cm³/mol. The summed E-state index contributed by atoms with van der Waals surface area (Å²) in [4.78, 5) is 12.9. The van der Waals surface area contributed by atoms with Crippen LogP contribution in [0, 0.1) is 0 Å². The molecule has 0 aromatic heterocycles. The van der Waals surface area contributed by atoms with Gasteiger partial charge in [0.2, 0.25) is 0 Å². The maximum atomic E-state index is 12.9. The molecule has 0 saturated heterocycles. The highest BCUT2D eigenvalue weighted by molar-refractivity contribution is 6.07. The lowest BCUT2D eigenvalue weighted by atomic mass is 10.0. The average molecular weight is 453 g/mol. The SMILES string of the molecule is CCCCC(C(=O)/C=C/c1ccc(OC)c(OC)c1)=C(O)/C=C/c1ccc(OC)c(OC)c1. The van der Waals surface area contributed by atoms with Crippen molar-refractivity contribution in [1.29, 1.82) is 0 Å². The minimum Gasteiger partial charge on any atom is -0.508 e. The van der Waals surface area contributed by atoms with Crippen molar-refractivity contribution < 1.29 is 28.8 Å². The molecule has 0 aliphatic rings. The van der Waals surface area contributed by atoms with Crippen LogP contribution in [0.1, 0.15) is 37.3 Å². The van der Waals surface area contributed by atoms with E-state index in [1.54, 1.807) is 64.9 Å². The van der Waals surface area contributed by atoms with Crippen molar-refractivity contribution in [3.8, 4) is 23.0 Å². The molecule has 6 heteroatoms. The topological polar surface area (TPSA) is 74.2 Å². The molecule has 2 aromatic carbocycles. The largest absolute Gasteiger partial charge is 0.508 e. The Morgan fingerprint density at radius 1 is 0.788 bits per heavy atom. The van der Waals surface area contributed by atoms with Gasteiger partial charge in [-0.2, -0.15) is 0 Å². The normalized spacial score (nSPS) is 12.0. The van der Waals surface area contributed by atoms with Crippen LogP contribution in [-0.2, 0) is 4.79 Å². The van der Waals surface area contributed by atoms with Gasteiger partial charge in [0, 0.05) is 5.57 Å². The second-order valence-electron chi connectivity index (χ2n) is 7.23. The number of ether oxygens (including phenoxy) is 4. The Morgan fingerprint density at radius 3 is 1.73 bits per heavy atom. The van der Waals surface area contributed by atoms with Crippen molar-refractivity contribution in [2.45, 2.75) is 26.2 Å². The third-order valence-corrected chi connectivity index (χ3v) is 5.06. The highest BCUT2D eigenvalue weighted by Gasteiger charge is 2.12. The van der Waals surface area contributed by atoms with Crippen LogP contribution >= 0.6 is 0 Å². The van der Waals surface area contributed by atoms with Crippen LogP contribution in [0.15, 0.2) is 59.9 Å². The van der Waals surface area contributed by atoms with Gasteiger partial charge in [-0.05, 0) is 60.4 Å². The van der Waals surface area contributed by atoms with E-state index in [0.717, 1.165) is 24.0 Å². The summed E-state index contributed by atoms with van der Waals surface area (Å²) in [5.41, 5.74) is 1.96. The second kappa shape index (κ2) is 13.0. The number of rotatable bonds is 12. The third-order valence-electron chi connectivity index (χ3n) is 5.06. The van der Waals surface area contributed by atoms with Crippen LogP contribution in [0.4, 0.5) is 0 Å². The number of hydrogen-bond donors (Lipinski definition) is 1. The number of hydrogen-bond acceptors (Lipinski definition) is 6. The minimum atomic E-state index is -0.243. The molecular weight excluding hydrogens is 420 g/mol. The lowest BCUT2D eigenvalue weighted by Crippen LogP contribution is -2.02. The average Bonchev–Trinajstić information content (AvgIpc) is 2.85. The van der Waals surface area contributed by atoms with Crippen LogP contribution in [-0.4, -0.2) is 39.3 Å². The van der Waals surface area contributed by atoms with Gasteiger partial charge in [0.15, 0.2) is 28.8 Å². The van der Waals surface area contributed by atoms with Crippen LogP contribution in [0.5, 0.6) is 23.0 Å². The fraction of sp³-hybridized carbons (Fsp3) is 0.296. The summed E-state index contributed by atoms with van der Waals surface area (Å²) in [6.45, 7) is 2.04. The van der Waals surface area contributed by atoms with Crippen LogP contribution in [0.3, 0.4) is 0 Å². The molecule has 0 fully saturated rings. The van der Waals surface area contributed by atoms with Gasteiger partial charge in [0.1, 0.15) is 5.76 Å². The number of aliphatic hydroxyl groups excluding tert-OH is 1. The molecule has 0 radical (unpaired) electrons. The van der Waals surface area contributed by atoms with Gasteiger partial charge in [-0.1, -0.05) is 37.6 Å². The summed E-state index contributed by atoms with van der Waals surface area (Å²) in [6, 6.07) is 10.8. The highest BCUT2D eigenvalue weighted by Crippen LogP contribution is 2.29. The first-order valence-corrected chi connectivity index (χ1v) is 10.7. The summed E-state index contributed by atoms with van der Waals surface area (Å²) in [5, 5.41) is 10.7. The predicted octanol–water partition coefficient (Wildman–Crippen LogP) is 6.02. The Morgan fingerprint density at radius 2 is 1.27 bits per heavy atom. The van der Waals surface area contributed by atoms with Crippen molar-refractivity contribution in [2.75, 3.05) is 28.4 Å². The molecular formula is C27H32O6. The van der Waals surface area contributed by atoms with E-state index in [1.807, 2.05) is 19.1 Å². The second-order valence-corrected chi connectivity index (χ2v) is 7.23. The molecule has 2 rings (SSSR count). The van der Waals surface area contributed by atoms with E-state index in [9.17, 15) is 9.90 Å². The van der Waals surface area contributed by atoms with E-state index < -0.39 is 0 Å². The zero-order valence-corrected chi connectivity index (χ0v) is 19.9. The van der Waals surface area contributed by atoms with Gasteiger partial charge in [-0.15, -0.1) is 0 Å². The molecule has 0 amide bonds. The van der Waals surface area contributed by atoms with E-state index in [-0.39, 0.29) is 11.5 Å². The molecule has 0 saturated carbocycles. The lowest BCUT2D eigenvalue weighted by molar-refractivity contribution is -0.111. The molecule has 176 valence electrons. The van der Waals surface area contributed by atoms with E-state index >= 15 is 0 Å². The first-order chi connectivity index (χ1) is 16.0. The molecule has 2 aromatic rings. The molecule has 0 heterocycles. The van der Waals surface area contributed by atoms with Crippen molar-refractivity contribution in [3.05, 3.63) is 71.0 Å². The van der Waals surface area contributed by atoms with Crippen molar-refractivity contribution in [1.82, 2.24) is 0 Å². The van der Waals surface area contributed by atoms with Crippen LogP contribution in [0.2, 0.25) is 0 Å². The van der Waals surface area contributed by atoms with Gasteiger partial charge >= 0.3 is 0 Å². The lowest BCUT2D eigenvalue weighted by Gasteiger charge is -2.08. The number of carbonyl (C=O) groups excluding carboxylic acids is 1. The molecule has 0 unspecified atom stereocenters. The Bertz CT molecular complexity index is 1030. The van der Waals surface area contributed by atoms with Gasteiger partial charge < -0.3 is 24.1 Å². The first kappa shape index (κ1) is 25.6. The fourth-order valence-corrected chi connectivity index (χ4v) is 3.19. The Kier molecular flexibility index (Phi) is 10.1. The first-order valence-electron chi connectivity index (χ1n) is 10.7. The van der Waals surface area contributed by atoms with Crippen molar-refractivity contribution in [2.24, 2.45) is 0 Å². The number of allylic oxidation sites excluding steroid dienone is 3. The summed E-state index contributed by atoms with van der Waals surface area (Å²) >= 11 is 0. The molecule has 0 atom stereocenters. The maximum Gasteiger partial charge on any atom is 0.185 e. The van der Waals surface area contributed by atoms with E-state index in [0.29, 0.717) is 35.0 Å². The molecule has 33 heavy (non-hydrogen) atoms. The van der Waals surface area contributed by atoms with Crippen LogP contribution in [0.25, 0.3) is 12.2 Å². The Labute approximate surface area is 195 Å². The van der Waals surface area contributed by atoms with Crippen LogP contribution < -0.4 is 18.9 Å². The summed E-state index contributed by atoms with van der Waals surface area (Å²) in [7, 11) is 6.27. The van der Waals surface area contributed by atoms with E-state index in [4.69, 9.17) is 18.9 Å². The van der Waals surface area contributed by atoms with Crippen molar-refractivity contribution >= 4 is 17.9 Å². The maximum absolute atomic E-state index is 12.9. The van der Waals surface area contributed by atoms with Gasteiger partial charge in [0.25, 0.3) is 0 Å². The smallest absolute Gasteiger partial charge is 0.185 e. The van der Waals surface area contributed by atoms with Gasteiger partial charge in [-0.3, -0.25) is 4.79 Å². The number of aliphatic hydroxyl groups is 1. The zero-order chi connectivity index (χ0) is 24.2.